The van der Waals surface area contributed by atoms with E-state index >= 15 is 0 Å². The van der Waals surface area contributed by atoms with Crippen LogP contribution < -0.4 is 5.32 Å². The highest BCUT2D eigenvalue weighted by molar-refractivity contribution is 9.11. The Balaban J connectivity index is 2.15. The van der Waals surface area contributed by atoms with Crippen molar-refractivity contribution in [2.24, 2.45) is 5.92 Å². The van der Waals surface area contributed by atoms with Crippen LogP contribution in [-0.4, -0.2) is 6.54 Å². The molecule has 0 aliphatic heterocycles. The molecule has 1 aliphatic rings. The molecule has 0 spiro atoms. The lowest BCUT2D eigenvalue weighted by Crippen LogP contribution is -2.30. The maximum atomic E-state index is 3.80. The average Bonchev–Trinajstić information content (AvgIpc) is 2.70. The molecule has 1 unspecified atom stereocenters. The first-order valence-electron chi connectivity index (χ1n) is 7.21. The molecular formula is C15H24BrNS. The number of aryl methyl sites for hydroxylation is 1. The van der Waals surface area contributed by atoms with E-state index in [9.17, 15) is 0 Å². The zero-order chi connectivity index (χ0) is 13.0. The number of nitrogens with one attached hydrogen (secondary N) is 1. The summed E-state index contributed by atoms with van der Waals surface area (Å²) in [6.45, 7) is 5.64. The summed E-state index contributed by atoms with van der Waals surface area (Å²) in [6.07, 6.45) is 8.28. The smallest absolute Gasteiger partial charge is 0.0704 e. The second-order valence-corrected chi connectivity index (χ2v) is 8.03. The largest absolute Gasteiger partial charge is 0.310 e. The highest BCUT2D eigenvalue weighted by Crippen LogP contribution is 2.39. The van der Waals surface area contributed by atoms with Crippen LogP contribution in [0.25, 0.3) is 0 Å². The summed E-state index contributed by atoms with van der Waals surface area (Å²) in [5.74, 6) is 0.838. The molecule has 1 aromatic rings. The minimum absolute atomic E-state index is 0.577. The summed E-state index contributed by atoms with van der Waals surface area (Å²) in [6, 6.07) is 2.91. The van der Waals surface area contributed by atoms with Crippen LogP contribution in [0.3, 0.4) is 0 Å². The van der Waals surface area contributed by atoms with Gasteiger partial charge in [0.15, 0.2) is 0 Å². The Morgan fingerprint density at radius 3 is 2.67 bits per heavy atom. The highest BCUT2D eigenvalue weighted by Gasteiger charge is 2.26. The molecule has 2 rings (SSSR count). The highest BCUT2D eigenvalue weighted by atomic mass is 79.9. The first-order valence-corrected chi connectivity index (χ1v) is 8.82. The Morgan fingerprint density at radius 2 is 2.11 bits per heavy atom. The van der Waals surface area contributed by atoms with Crippen molar-refractivity contribution < 1.29 is 0 Å². The van der Waals surface area contributed by atoms with Crippen LogP contribution in [0, 0.1) is 12.8 Å². The van der Waals surface area contributed by atoms with Crippen LogP contribution >= 0.6 is 27.3 Å². The van der Waals surface area contributed by atoms with Gasteiger partial charge in [-0.25, -0.2) is 0 Å². The summed E-state index contributed by atoms with van der Waals surface area (Å²) in [7, 11) is 0. The third kappa shape index (κ3) is 3.58. The van der Waals surface area contributed by atoms with Crippen LogP contribution in [0.1, 0.15) is 61.9 Å². The van der Waals surface area contributed by atoms with E-state index in [1.807, 2.05) is 11.3 Å². The van der Waals surface area contributed by atoms with Crippen molar-refractivity contribution in [3.8, 4) is 0 Å². The fourth-order valence-corrected chi connectivity index (χ4v) is 4.82. The van der Waals surface area contributed by atoms with Gasteiger partial charge in [-0.2, -0.15) is 0 Å². The van der Waals surface area contributed by atoms with Gasteiger partial charge >= 0.3 is 0 Å². The van der Waals surface area contributed by atoms with Gasteiger partial charge in [-0.3, -0.25) is 0 Å². The van der Waals surface area contributed by atoms with Gasteiger partial charge in [0.1, 0.15) is 0 Å². The molecule has 0 radical (unpaired) electrons. The predicted molar refractivity (Wildman–Crippen MR) is 84.4 cm³/mol. The van der Waals surface area contributed by atoms with E-state index in [0.717, 1.165) is 12.5 Å². The number of rotatable bonds is 5. The van der Waals surface area contributed by atoms with Crippen LogP contribution in [0.2, 0.25) is 0 Å². The second kappa shape index (κ2) is 7.06. The van der Waals surface area contributed by atoms with E-state index in [0.29, 0.717) is 6.04 Å². The van der Waals surface area contributed by atoms with E-state index in [4.69, 9.17) is 0 Å². The Morgan fingerprint density at radius 1 is 1.39 bits per heavy atom. The first kappa shape index (κ1) is 14.5. The van der Waals surface area contributed by atoms with Crippen LogP contribution in [-0.2, 0) is 0 Å². The maximum Gasteiger partial charge on any atom is 0.0704 e. The summed E-state index contributed by atoms with van der Waals surface area (Å²) in [5, 5.41) is 3.80. The van der Waals surface area contributed by atoms with Crippen LogP contribution in [0.15, 0.2) is 9.85 Å². The molecule has 1 aromatic heterocycles. The Kier molecular flexibility index (Phi) is 5.71. The lowest BCUT2D eigenvalue weighted by molar-refractivity contribution is 0.272. The van der Waals surface area contributed by atoms with Gasteiger partial charge in [0.2, 0.25) is 0 Å². The quantitative estimate of drug-likeness (QED) is 0.758. The topological polar surface area (TPSA) is 12.0 Å². The van der Waals surface area contributed by atoms with E-state index in [2.05, 4.69) is 41.2 Å². The number of thiophene rings is 1. The van der Waals surface area contributed by atoms with Crippen LogP contribution in [0.4, 0.5) is 0 Å². The van der Waals surface area contributed by atoms with Gasteiger partial charge in [0.05, 0.1) is 3.79 Å². The van der Waals surface area contributed by atoms with Gasteiger partial charge in [-0.1, -0.05) is 26.2 Å². The monoisotopic (exact) mass is 329 g/mol. The average molecular weight is 330 g/mol. The van der Waals surface area contributed by atoms with Crippen molar-refractivity contribution in [3.63, 3.8) is 0 Å². The molecule has 3 heteroatoms. The molecule has 1 saturated carbocycles. The Labute approximate surface area is 123 Å². The van der Waals surface area contributed by atoms with Gasteiger partial charge < -0.3 is 5.32 Å². The van der Waals surface area contributed by atoms with Gasteiger partial charge in [0, 0.05) is 10.9 Å². The fraction of sp³-hybridized carbons (Fsp3) is 0.733. The molecule has 18 heavy (non-hydrogen) atoms. The van der Waals surface area contributed by atoms with Gasteiger partial charge in [-0.05, 0) is 66.2 Å². The minimum atomic E-state index is 0.577. The van der Waals surface area contributed by atoms with E-state index in [1.54, 1.807) is 0 Å². The lowest BCUT2D eigenvalue weighted by atomic mass is 9.81. The lowest BCUT2D eigenvalue weighted by Gasteiger charge is -2.31. The van der Waals surface area contributed by atoms with E-state index in [1.165, 1.54) is 52.8 Å². The molecule has 0 saturated heterocycles. The molecule has 1 aliphatic carbocycles. The van der Waals surface area contributed by atoms with E-state index < -0.39 is 0 Å². The SMILES string of the molecule is CCCNC(c1cc(Br)sc1C)C1CCCCC1. The fourth-order valence-electron chi connectivity index (χ4n) is 3.07. The zero-order valence-corrected chi connectivity index (χ0v) is 13.9. The summed E-state index contributed by atoms with van der Waals surface area (Å²) in [5.41, 5.74) is 1.53. The zero-order valence-electron chi connectivity index (χ0n) is 11.5. The van der Waals surface area contributed by atoms with Crippen molar-refractivity contribution in [1.29, 1.82) is 0 Å². The Hall–Kier alpha value is 0.140. The normalized spacial score (nSPS) is 19.1. The predicted octanol–water partition coefficient (Wildman–Crippen LogP) is 5.44. The molecule has 1 atom stereocenters. The first-order chi connectivity index (χ1) is 8.72. The summed E-state index contributed by atoms with van der Waals surface area (Å²) < 4.78 is 1.27. The standard InChI is InChI=1S/C15H24BrNS/c1-3-9-17-15(12-7-5-4-6-8-12)13-10-14(16)18-11(13)2/h10,12,15,17H,3-9H2,1-2H3. The number of halogens is 1. The number of hydrogen-bond donors (Lipinski definition) is 1. The van der Waals surface area contributed by atoms with Gasteiger partial charge in [-0.15, -0.1) is 11.3 Å². The third-order valence-corrected chi connectivity index (χ3v) is 5.57. The molecule has 0 amide bonds. The molecule has 0 bridgehead atoms. The molecule has 1 heterocycles. The molecule has 1 N–H and O–H groups in total. The second-order valence-electron chi connectivity index (χ2n) is 5.39. The van der Waals surface area contributed by atoms with Crippen molar-refractivity contribution in [1.82, 2.24) is 5.32 Å². The molecule has 1 fully saturated rings. The molecule has 1 nitrogen and oxygen atoms in total. The van der Waals surface area contributed by atoms with Crippen molar-refractivity contribution in [3.05, 3.63) is 20.3 Å². The third-order valence-electron chi connectivity index (χ3n) is 4.00. The number of hydrogen-bond acceptors (Lipinski definition) is 2. The van der Waals surface area contributed by atoms with Gasteiger partial charge in [0.25, 0.3) is 0 Å². The Bertz CT molecular complexity index is 369. The minimum Gasteiger partial charge on any atom is -0.310 e. The van der Waals surface area contributed by atoms with E-state index in [-0.39, 0.29) is 0 Å². The molecule has 0 aromatic carbocycles. The van der Waals surface area contributed by atoms with Crippen LogP contribution in [0.5, 0.6) is 0 Å². The van der Waals surface area contributed by atoms with Crippen molar-refractivity contribution in [2.75, 3.05) is 6.54 Å². The summed E-state index contributed by atoms with van der Waals surface area (Å²) in [4.78, 5) is 1.47. The van der Waals surface area contributed by atoms with Crippen molar-refractivity contribution in [2.45, 2.75) is 58.4 Å². The maximum absolute atomic E-state index is 3.80. The summed E-state index contributed by atoms with van der Waals surface area (Å²) >= 11 is 5.51. The van der Waals surface area contributed by atoms with Crippen molar-refractivity contribution >= 4 is 27.3 Å². The molecular weight excluding hydrogens is 306 g/mol. The molecule has 102 valence electrons.